The molecule has 1 aromatic heterocycles. The number of benzene rings is 1. The van der Waals surface area contributed by atoms with E-state index < -0.39 is 11.6 Å². The third-order valence-electron chi connectivity index (χ3n) is 4.66. The van der Waals surface area contributed by atoms with Gasteiger partial charge in [-0.25, -0.2) is 8.78 Å². The first-order chi connectivity index (χ1) is 13.1. The number of hydrogen-bond acceptors (Lipinski definition) is 5. The van der Waals surface area contributed by atoms with Crippen molar-refractivity contribution in [1.82, 2.24) is 15.4 Å². The summed E-state index contributed by atoms with van der Waals surface area (Å²) in [7, 11) is 1.56. The van der Waals surface area contributed by atoms with E-state index >= 15 is 0 Å². The Morgan fingerprint density at radius 1 is 1.37 bits per heavy atom. The molecular formula is C19H23F2N3O3. The number of amides is 1. The van der Waals surface area contributed by atoms with E-state index in [2.05, 4.69) is 15.4 Å². The zero-order valence-corrected chi connectivity index (χ0v) is 15.2. The SMILES string of the molecule is COCCNC(=O)c1cc([C@H]2CCCN(Cc3ccc(F)c(F)c3)C2)no1. The van der Waals surface area contributed by atoms with Gasteiger partial charge in [0.25, 0.3) is 5.91 Å². The summed E-state index contributed by atoms with van der Waals surface area (Å²) in [5.41, 5.74) is 1.47. The van der Waals surface area contributed by atoms with Crippen molar-refractivity contribution in [3.05, 3.63) is 52.9 Å². The number of likely N-dealkylation sites (tertiary alicyclic amines) is 1. The molecule has 1 saturated heterocycles. The van der Waals surface area contributed by atoms with Gasteiger partial charge < -0.3 is 14.6 Å². The Bertz CT molecular complexity index is 781. The molecule has 0 saturated carbocycles. The van der Waals surface area contributed by atoms with E-state index in [9.17, 15) is 13.6 Å². The molecule has 1 aliphatic heterocycles. The van der Waals surface area contributed by atoms with Crippen LogP contribution in [0.4, 0.5) is 8.78 Å². The lowest BCUT2D eigenvalue weighted by molar-refractivity contribution is 0.0900. The lowest BCUT2D eigenvalue weighted by atomic mass is 9.94. The number of methoxy groups -OCH3 is 1. The van der Waals surface area contributed by atoms with Gasteiger partial charge in [-0.3, -0.25) is 9.69 Å². The van der Waals surface area contributed by atoms with E-state index in [0.717, 1.165) is 43.3 Å². The zero-order valence-electron chi connectivity index (χ0n) is 15.2. The average Bonchev–Trinajstić information content (AvgIpc) is 3.15. The summed E-state index contributed by atoms with van der Waals surface area (Å²) in [6.45, 7) is 2.95. The van der Waals surface area contributed by atoms with Gasteiger partial charge in [0.2, 0.25) is 5.76 Å². The fraction of sp³-hybridized carbons (Fsp3) is 0.474. The molecule has 3 rings (SSSR count). The van der Waals surface area contributed by atoms with E-state index in [0.29, 0.717) is 19.7 Å². The smallest absolute Gasteiger partial charge is 0.289 e. The minimum Gasteiger partial charge on any atom is -0.383 e. The summed E-state index contributed by atoms with van der Waals surface area (Å²) < 4.78 is 36.6. The first-order valence-corrected chi connectivity index (χ1v) is 8.97. The molecule has 0 radical (unpaired) electrons. The highest BCUT2D eigenvalue weighted by Crippen LogP contribution is 2.27. The molecule has 0 unspecified atom stereocenters. The average molecular weight is 379 g/mol. The maximum atomic E-state index is 13.4. The summed E-state index contributed by atoms with van der Waals surface area (Å²) in [6, 6.07) is 5.66. The highest BCUT2D eigenvalue weighted by Gasteiger charge is 2.25. The van der Waals surface area contributed by atoms with Crippen molar-refractivity contribution in [2.75, 3.05) is 33.4 Å². The van der Waals surface area contributed by atoms with Gasteiger partial charge in [-0.05, 0) is 37.1 Å². The van der Waals surface area contributed by atoms with Crippen LogP contribution in [0.15, 0.2) is 28.8 Å². The quantitative estimate of drug-likeness (QED) is 0.750. The van der Waals surface area contributed by atoms with Gasteiger partial charge in [-0.1, -0.05) is 11.2 Å². The molecule has 27 heavy (non-hydrogen) atoms. The molecule has 1 fully saturated rings. The van der Waals surface area contributed by atoms with Crippen molar-refractivity contribution >= 4 is 5.91 Å². The molecule has 0 spiro atoms. The summed E-state index contributed by atoms with van der Waals surface area (Å²) in [6.07, 6.45) is 1.89. The van der Waals surface area contributed by atoms with Crippen LogP contribution in [-0.4, -0.2) is 49.3 Å². The van der Waals surface area contributed by atoms with Gasteiger partial charge in [0, 0.05) is 38.7 Å². The number of hydrogen-bond donors (Lipinski definition) is 1. The van der Waals surface area contributed by atoms with Gasteiger partial charge in [0.1, 0.15) is 0 Å². The molecule has 8 heteroatoms. The Morgan fingerprint density at radius 2 is 2.22 bits per heavy atom. The standard InChI is InChI=1S/C19H23F2N3O3/c1-26-8-6-22-19(25)18-10-17(23-27-18)14-3-2-7-24(12-14)11-13-4-5-15(20)16(21)9-13/h4-5,9-10,14H,2-3,6-8,11-12H2,1H3,(H,22,25)/t14-/m0/s1. The largest absolute Gasteiger partial charge is 0.383 e. The second kappa shape index (κ2) is 9.05. The fourth-order valence-corrected chi connectivity index (χ4v) is 3.28. The van der Waals surface area contributed by atoms with Crippen LogP contribution in [0.1, 0.15) is 40.6 Å². The van der Waals surface area contributed by atoms with Crippen LogP contribution in [0.3, 0.4) is 0 Å². The molecule has 1 aromatic carbocycles. The molecule has 1 aliphatic rings. The molecule has 2 aromatic rings. The molecule has 146 valence electrons. The number of piperidine rings is 1. The van der Waals surface area contributed by atoms with E-state index in [1.165, 1.54) is 6.07 Å². The third-order valence-corrected chi connectivity index (χ3v) is 4.66. The van der Waals surface area contributed by atoms with E-state index in [1.54, 1.807) is 19.2 Å². The number of nitrogens with zero attached hydrogens (tertiary/aromatic N) is 2. The summed E-state index contributed by atoms with van der Waals surface area (Å²) >= 11 is 0. The van der Waals surface area contributed by atoms with Crippen LogP contribution < -0.4 is 5.32 Å². The van der Waals surface area contributed by atoms with E-state index in [1.807, 2.05) is 0 Å². The zero-order chi connectivity index (χ0) is 19.2. The van der Waals surface area contributed by atoms with Gasteiger partial charge in [0.05, 0.1) is 12.3 Å². The van der Waals surface area contributed by atoms with Crippen LogP contribution >= 0.6 is 0 Å². The predicted molar refractivity (Wildman–Crippen MR) is 94.3 cm³/mol. The minimum absolute atomic E-state index is 0.133. The normalized spacial score (nSPS) is 17.8. The summed E-state index contributed by atoms with van der Waals surface area (Å²) in [5, 5.41) is 6.75. The molecule has 1 N–H and O–H groups in total. The number of ether oxygens (including phenoxy) is 1. The van der Waals surface area contributed by atoms with Crippen molar-refractivity contribution in [2.45, 2.75) is 25.3 Å². The second-order valence-electron chi connectivity index (χ2n) is 6.69. The number of rotatable bonds is 7. The first-order valence-electron chi connectivity index (χ1n) is 8.97. The van der Waals surface area contributed by atoms with Crippen LogP contribution in [0.25, 0.3) is 0 Å². The van der Waals surface area contributed by atoms with Gasteiger partial charge >= 0.3 is 0 Å². The Balaban J connectivity index is 1.59. The van der Waals surface area contributed by atoms with Crippen LogP contribution in [0, 0.1) is 11.6 Å². The van der Waals surface area contributed by atoms with Gasteiger partial charge in [-0.15, -0.1) is 0 Å². The molecule has 1 amide bonds. The Kier molecular flexibility index (Phi) is 6.52. The number of aromatic nitrogens is 1. The number of carbonyl (C=O) groups is 1. The highest BCUT2D eigenvalue weighted by molar-refractivity contribution is 5.91. The maximum Gasteiger partial charge on any atom is 0.289 e. The number of carbonyl (C=O) groups excluding carboxylic acids is 1. The predicted octanol–water partition coefficient (Wildman–Crippen LogP) is 2.71. The van der Waals surface area contributed by atoms with Crippen molar-refractivity contribution in [3.63, 3.8) is 0 Å². The van der Waals surface area contributed by atoms with Gasteiger partial charge in [0.15, 0.2) is 11.6 Å². The first kappa shape index (κ1) is 19.4. The molecule has 1 atom stereocenters. The lowest BCUT2D eigenvalue weighted by Gasteiger charge is -2.31. The summed E-state index contributed by atoms with van der Waals surface area (Å²) in [5.74, 6) is -1.68. The van der Waals surface area contributed by atoms with Crippen molar-refractivity contribution in [3.8, 4) is 0 Å². The van der Waals surface area contributed by atoms with Crippen molar-refractivity contribution < 1.29 is 22.8 Å². The summed E-state index contributed by atoms with van der Waals surface area (Å²) in [4.78, 5) is 14.2. The van der Waals surface area contributed by atoms with Crippen molar-refractivity contribution in [1.29, 1.82) is 0 Å². The molecule has 0 aliphatic carbocycles. The minimum atomic E-state index is -0.839. The van der Waals surface area contributed by atoms with Crippen LogP contribution in [0.5, 0.6) is 0 Å². The van der Waals surface area contributed by atoms with Crippen LogP contribution in [-0.2, 0) is 11.3 Å². The van der Waals surface area contributed by atoms with Crippen molar-refractivity contribution in [2.24, 2.45) is 0 Å². The fourth-order valence-electron chi connectivity index (χ4n) is 3.28. The number of nitrogens with one attached hydrogen (secondary N) is 1. The molecule has 0 bridgehead atoms. The van der Waals surface area contributed by atoms with E-state index in [4.69, 9.17) is 9.26 Å². The second-order valence-corrected chi connectivity index (χ2v) is 6.69. The third kappa shape index (κ3) is 5.11. The molecular weight excluding hydrogens is 356 g/mol. The Hall–Kier alpha value is -2.32. The monoisotopic (exact) mass is 379 g/mol. The topological polar surface area (TPSA) is 67.6 Å². The van der Waals surface area contributed by atoms with E-state index in [-0.39, 0.29) is 17.6 Å². The molecule has 6 nitrogen and oxygen atoms in total. The Labute approximate surface area is 156 Å². The van der Waals surface area contributed by atoms with Gasteiger partial charge in [-0.2, -0.15) is 0 Å². The lowest BCUT2D eigenvalue weighted by Crippen LogP contribution is -2.34. The number of halogens is 2. The Morgan fingerprint density at radius 3 is 3.00 bits per heavy atom. The maximum absolute atomic E-state index is 13.4. The van der Waals surface area contributed by atoms with Crippen LogP contribution in [0.2, 0.25) is 0 Å². The molecule has 2 heterocycles. The highest BCUT2D eigenvalue weighted by atomic mass is 19.2.